The molecular weight excluding hydrogens is 791 g/mol. The summed E-state index contributed by atoms with van der Waals surface area (Å²) in [5.41, 5.74) is 0. The molecule has 8 atom stereocenters. The molecule has 1 amide bonds. The summed E-state index contributed by atoms with van der Waals surface area (Å²) in [6, 6.07) is -1.12. The molecule has 8 unspecified atom stereocenters. The highest BCUT2D eigenvalue weighted by molar-refractivity contribution is 7.80. The topological polar surface area (TPSA) is 212 Å². The second-order valence-electron chi connectivity index (χ2n) is 16.8. The summed E-state index contributed by atoms with van der Waals surface area (Å²) < 4.78 is 47.5. The van der Waals surface area contributed by atoms with Gasteiger partial charge in [0.1, 0.15) is 30.5 Å². The smallest absolute Gasteiger partial charge is 0.394 e. The Morgan fingerprint density at radius 3 is 1.55 bits per heavy atom. The van der Waals surface area contributed by atoms with Crippen molar-refractivity contribution in [2.75, 3.05) is 13.2 Å². The summed E-state index contributed by atoms with van der Waals surface area (Å²) in [5, 5.41) is 55.2. The van der Waals surface area contributed by atoms with Crippen molar-refractivity contribution in [3.63, 3.8) is 0 Å². The molecule has 0 aromatic carbocycles. The number of amides is 1. The lowest BCUT2D eigenvalue weighted by Gasteiger charge is -2.41. The Kier molecular flexibility index (Phi) is 34.8. The maximum absolute atomic E-state index is 13.1. The Morgan fingerprint density at radius 2 is 1.10 bits per heavy atom. The third-order valence-electron chi connectivity index (χ3n) is 11.3. The average Bonchev–Trinajstić information content (AvgIpc) is 3.22. The second-order valence-corrected chi connectivity index (χ2v) is 17.9. The fraction of sp³-hybridized carbons (Fsp3) is 0.891. The van der Waals surface area contributed by atoms with Crippen LogP contribution in [0.5, 0.6) is 0 Å². The minimum Gasteiger partial charge on any atom is -0.394 e. The number of aliphatic hydroxyl groups is 5. The molecule has 1 saturated heterocycles. The number of ether oxygens (including phenoxy) is 2. The first-order valence-electron chi connectivity index (χ1n) is 23.8. The number of carbonyl (C=O) groups is 1. The molecule has 0 bridgehead atoms. The minimum atomic E-state index is -5.12. The Labute approximate surface area is 364 Å². The third kappa shape index (κ3) is 29.0. The molecule has 14 heteroatoms. The zero-order valence-electron chi connectivity index (χ0n) is 37.4. The number of allylic oxidation sites excluding steroid dienone is 3. The molecule has 7 N–H and O–H groups in total. The largest absolute Gasteiger partial charge is 0.397 e. The van der Waals surface area contributed by atoms with Crippen LogP contribution >= 0.6 is 0 Å². The van der Waals surface area contributed by atoms with E-state index in [2.05, 4.69) is 35.5 Å². The minimum absolute atomic E-state index is 0.213. The van der Waals surface area contributed by atoms with Gasteiger partial charge < -0.3 is 40.3 Å². The van der Waals surface area contributed by atoms with Crippen molar-refractivity contribution in [3.8, 4) is 0 Å². The first-order valence-corrected chi connectivity index (χ1v) is 25.2. The van der Waals surface area contributed by atoms with Crippen molar-refractivity contribution < 1.29 is 57.0 Å². The number of hydrogen-bond acceptors (Lipinski definition) is 11. The van der Waals surface area contributed by atoms with E-state index in [0.717, 1.165) is 38.5 Å². The highest BCUT2D eigenvalue weighted by atomic mass is 32.3. The summed E-state index contributed by atoms with van der Waals surface area (Å²) in [4.78, 5) is 13.1. The number of aliphatic hydroxyl groups excluding tert-OH is 5. The van der Waals surface area contributed by atoms with Crippen LogP contribution in [0.3, 0.4) is 0 Å². The summed E-state index contributed by atoms with van der Waals surface area (Å²) in [5.74, 6) is -0.718. The van der Waals surface area contributed by atoms with Crippen molar-refractivity contribution in [1.82, 2.24) is 5.32 Å². The van der Waals surface area contributed by atoms with Crippen LogP contribution in [0.1, 0.15) is 200 Å². The summed E-state index contributed by atoms with van der Waals surface area (Å²) >= 11 is 0. The van der Waals surface area contributed by atoms with Gasteiger partial charge in [-0.2, -0.15) is 8.42 Å². The summed E-state index contributed by atoms with van der Waals surface area (Å²) in [6.45, 7) is 3.20. The Balaban J connectivity index is 2.57. The van der Waals surface area contributed by atoms with Crippen molar-refractivity contribution in [2.24, 2.45) is 0 Å². The van der Waals surface area contributed by atoms with Crippen LogP contribution in [0.15, 0.2) is 24.3 Å². The van der Waals surface area contributed by atoms with Gasteiger partial charge in [0.15, 0.2) is 6.29 Å². The predicted octanol–water partition coefficient (Wildman–Crippen LogP) is 8.30. The van der Waals surface area contributed by atoms with Gasteiger partial charge in [-0.15, -0.1) is 0 Å². The van der Waals surface area contributed by atoms with Gasteiger partial charge in [0.2, 0.25) is 5.91 Å². The number of rotatable bonds is 40. The first-order chi connectivity index (χ1) is 28.9. The van der Waals surface area contributed by atoms with Crippen molar-refractivity contribution in [3.05, 3.63) is 24.3 Å². The van der Waals surface area contributed by atoms with Crippen LogP contribution in [0.25, 0.3) is 0 Å². The molecular formula is C46H87NO12S. The Morgan fingerprint density at radius 1 is 0.667 bits per heavy atom. The lowest BCUT2D eigenvalue weighted by atomic mass is 9.99. The molecule has 13 nitrogen and oxygen atoms in total. The molecule has 0 spiro atoms. The fourth-order valence-electron chi connectivity index (χ4n) is 7.51. The molecule has 1 rings (SSSR count). The van der Waals surface area contributed by atoms with Gasteiger partial charge in [0.05, 0.1) is 25.4 Å². The highest BCUT2D eigenvalue weighted by Crippen LogP contribution is 2.26. The zero-order valence-corrected chi connectivity index (χ0v) is 38.2. The third-order valence-corrected chi connectivity index (χ3v) is 11.8. The number of hydrogen-bond donors (Lipinski definition) is 7. The molecule has 0 aliphatic carbocycles. The summed E-state index contributed by atoms with van der Waals surface area (Å²) in [7, 11) is -5.12. The quantitative estimate of drug-likeness (QED) is 0.0176. The predicted molar refractivity (Wildman–Crippen MR) is 238 cm³/mol. The van der Waals surface area contributed by atoms with Crippen molar-refractivity contribution in [1.29, 1.82) is 0 Å². The normalized spacial score (nSPS) is 21.5. The van der Waals surface area contributed by atoms with Gasteiger partial charge in [0, 0.05) is 0 Å². The van der Waals surface area contributed by atoms with Crippen molar-refractivity contribution in [2.45, 2.75) is 249 Å². The Bertz CT molecular complexity index is 1190. The molecule has 0 aromatic heterocycles. The molecule has 1 heterocycles. The molecule has 1 aliphatic rings. The van der Waals surface area contributed by atoms with Crippen LogP contribution in [0.2, 0.25) is 0 Å². The van der Waals surface area contributed by atoms with Gasteiger partial charge in [-0.1, -0.05) is 179 Å². The van der Waals surface area contributed by atoms with Crippen LogP contribution < -0.4 is 5.32 Å². The number of nitrogens with one attached hydrogen (secondary N) is 1. The van der Waals surface area contributed by atoms with Crippen LogP contribution in [-0.4, -0.2) is 107 Å². The number of unbranched alkanes of at least 4 members (excludes halogenated alkanes) is 25. The maximum atomic E-state index is 13.1. The van der Waals surface area contributed by atoms with E-state index in [4.69, 9.17) is 9.47 Å². The van der Waals surface area contributed by atoms with Gasteiger partial charge in [-0.25, -0.2) is 4.18 Å². The number of carbonyl (C=O) groups excluding carboxylic acids is 1. The van der Waals surface area contributed by atoms with Crippen LogP contribution in [0.4, 0.5) is 0 Å². The van der Waals surface area contributed by atoms with E-state index in [-0.39, 0.29) is 6.42 Å². The van der Waals surface area contributed by atoms with E-state index in [1.165, 1.54) is 134 Å². The van der Waals surface area contributed by atoms with E-state index < -0.39 is 78.5 Å². The van der Waals surface area contributed by atoms with E-state index in [1.807, 2.05) is 6.08 Å². The van der Waals surface area contributed by atoms with Crippen LogP contribution in [-0.2, 0) is 28.9 Å². The van der Waals surface area contributed by atoms with Crippen LogP contribution in [0, 0.1) is 0 Å². The molecule has 60 heavy (non-hydrogen) atoms. The van der Waals surface area contributed by atoms with Gasteiger partial charge in [-0.05, 0) is 44.9 Å². The molecule has 1 aliphatic heterocycles. The molecule has 1 fully saturated rings. The van der Waals surface area contributed by atoms with Gasteiger partial charge in [0.25, 0.3) is 0 Å². The average molecular weight is 878 g/mol. The Hall–Kier alpha value is -1.46. The van der Waals surface area contributed by atoms with Gasteiger partial charge >= 0.3 is 10.4 Å². The molecule has 0 aromatic rings. The van der Waals surface area contributed by atoms with E-state index >= 15 is 0 Å². The first kappa shape index (κ1) is 56.6. The van der Waals surface area contributed by atoms with E-state index in [1.54, 1.807) is 0 Å². The standard InChI is InChI=1S/C46H87NO12S/c1-3-5-7-9-11-13-15-17-18-19-20-21-22-23-25-26-28-30-32-34-39(49)38(37-57-46-43(52)44(59-60(54,55)56)42(51)41(36-48)58-46)47-45(53)40(50)35-33-31-29-27-24-16-14-12-10-8-6-4-2/h24,27,32,34,38-44,46,48-52H,3-23,25-26,28-31,33,35-37H2,1-2H3,(H,47,53)(H,54,55,56)/b27-24-,34-32+. The van der Waals surface area contributed by atoms with E-state index in [0.29, 0.717) is 12.8 Å². The van der Waals surface area contributed by atoms with E-state index in [9.17, 15) is 43.3 Å². The maximum Gasteiger partial charge on any atom is 0.397 e. The van der Waals surface area contributed by atoms with Gasteiger partial charge in [-0.3, -0.25) is 9.35 Å². The monoisotopic (exact) mass is 878 g/mol. The molecule has 354 valence electrons. The summed E-state index contributed by atoms with van der Waals surface area (Å²) in [6.07, 6.45) is 29.8. The van der Waals surface area contributed by atoms with Crippen molar-refractivity contribution >= 4 is 16.3 Å². The highest BCUT2D eigenvalue weighted by Gasteiger charge is 2.48. The lowest BCUT2D eigenvalue weighted by Crippen LogP contribution is -2.61. The zero-order chi connectivity index (χ0) is 44.3. The molecule has 0 saturated carbocycles. The fourth-order valence-corrected chi connectivity index (χ4v) is 8.02. The second kappa shape index (κ2) is 37.0. The lowest BCUT2D eigenvalue weighted by molar-refractivity contribution is -0.298. The SMILES string of the molecule is CCCCCCCC/C=C\CCCCC(O)C(=O)NC(COC1OC(CO)C(O)C(OS(=O)(=O)O)C1O)C(O)/C=C/CCCCCCCCCCCCCCCCCCC. The molecule has 0 radical (unpaired) electrons.